The summed E-state index contributed by atoms with van der Waals surface area (Å²) in [5.74, 6) is -0.274. The van der Waals surface area contributed by atoms with Crippen LogP contribution in [-0.4, -0.2) is 5.91 Å². The topological polar surface area (TPSA) is 52.9 Å². The zero-order valence-electron chi connectivity index (χ0n) is 10.6. The molecule has 6 heteroatoms. The van der Waals surface area contributed by atoms with Crippen molar-refractivity contribution in [2.24, 2.45) is 5.41 Å². The van der Waals surface area contributed by atoms with Gasteiger partial charge in [-0.1, -0.05) is 29.8 Å². The summed E-state index contributed by atoms with van der Waals surface area (Å²) < 4.78 is 2.39. The van der Waals surface area contributed by atoms with Gasteiger partial charge in [0.2, 0.25) is 5.91 Å². The molecule has 0 heterocycles. The van der Waals surface area contributed by atoms with Crippen LogP contribution in [0.4, 0.5) is 5.69 Å². The molecule has 0 spiro atoms. The van der Waals surface area contributed by atoms with Crippen LogP contribution < -0.4 is 5.32 Å². The van der Waals surface area contributed by atoms with E-state index in [0.717, 1.165) is 13.4 Å². The number of nitrogens with zero attached hydrogens (tertiary/aromatic N) is 1. The molecule has 0 aliphatic rings. The third kappa shape index (κ3) is 3.59. The van der Waals surface area contributed by atoms with E-state index in [9.17, 15) is 10.1 Å². The molecule has 0 fully saturated rings. The number of nitriles is 1. The van der Waals surface area contributed by atoms with Crippen molar-refractivity contribution in [1.29, 1.82) is 5.26 Å². The van der Waals surface area contributed by atoms with Crippen LogP contribution in [0.2, 0.25) is 0 Å². The maximum Gasteiger partial charge on any atom is 0.244 e. The number of amides is 1. The predicted molar refractivity (Wildman–Crippen MR) is 86.8 cm³/mol. The molecule has 1 amide bonds. The highest BCUT2D eigenvalue weighted by atomic mass is 79.9. The van der Waals surface area contributed by atoms with Crippen LogP contribution in [0.1, 0.15) is 26.7 Å². The molecule has 0 radical (unpaired) electrons. The van der Waals surface area contributed by atoms with E-state index in [2.05, 4.69) is 59.2 Å². The van der Waals surface area contributed by atoms with Crippen LogP contribution in [-0.2, 0) is 4.79 Å². The van der Waals surface area contributed by atoms with Gasteiger partial charge in [0, 0.05) is 13.4 Å². The summed E-state index contributed by atoms with van der Waals surface area (Å²) in [4.78, 5) is 12.3. The second-order valence-corrected chi connectivity index (χ2v) is 6.72. The molecule has 0 bridgehead atoms. The van der Waals surface area contributed by atoms with Gasteiger partial charge in [0.25, 0.3) is 0 Å². The highest BCUT2D eigenvalue weighted by molar-refractivity contribution is 9.11. The SMILES string of the molecule is CCC(C#N)(CC)C(=O)Nc1c(Br)cc(Br)cc1Br. The summed E-state index contributed by atoms with van der Waals surface area (Å²) in [7, 11) is 0. The monoisotopic (exact) mass is 450 g/mol. The molecule has 0 aliphatic heterocycles. The van der Waals surface area contributed by atoms with Gasteiger partial charge in [0.05, 0.1) is 11.8 Å². The zero-order chi connectivity index (χ0) is 14.6. The van der Waals surface area contributed by atoms with E-state index >= 15 is 0 Å². The van der Waals surface area contributed by atoms with Gasteiger partial charge in [-0.15, -0.1) is 0 Å². The lowest BCUT2D eigenvalue weighted by Gasteiger charge is -2.23. The maximum absolute atomic E-state index is 12.3. The Morgan fingerprint density at radius 3 is 2.11 bits per heavy atom. The first-order valence-corrected chi connectivity index (χ1v) is 8.15. The Bertz CT molecular complexity index is 510. The van der Waals surface area contributed by atoms with E-state index in [1.54, 1.807) is 0 Å². The molecule has 0 aromatic heterocycles. The number of anilines is 1. The number of halogens is 3. The van der Waals surface area contributed by atoms with Crippen molar-refractivity contribution in [2.75, 3.05) is 5.32 Å². The van der Waals surface area contributed by atoms with Crippen LogP contribution in [0.15, 0.2) is 25.6 Å². The van der Waals surface area contributed by atoms with Gasteiger partial charge in [-0.2, -0.15) is 5.26 Å². The van der Waals surface area contributed by atoms with Gasteiger partial charge in [-0.05, 0) is 56.8 Å². The summed E-state index contributed by atoms with van der Waals surface area (Å²) >= 11 is 10.2. The Labute approximate surface area is 138 Å². The first-order chi connectivity index (χ1) is 8.90. The van der Waals surface area contributed by atoms with Gasteiger partial charge < -0.3 is 5.32 Å². The fraction of sp³-hybridized carbons (Fsp3) is 0.385. The van der Waals surface area contributed by atoms with Gasteiger partial charge in [0.1, 0.15) is 5.41 Å². The van der Waals surface area contributed by atoms with E-state index in [-0.39, 0.29) is 5.91 Å². The van der Waals surface area contributed by atoms with E-state index in [4.69, 9.17) is 0 Å². The molecular weight excluding hydrogens is 440 g/mol. The smallest absolute Gasteiger partial charge is 0.244 e. The highest BCUT2D eigenvalue weighted by Gasteiger charge is 2.35. The van der Waals surface area contributed by atoms with E-state index in [1.165, 1.54) is 0 Å². The number of hydrogen-bond acceptors (Lipinski definition) is 2. The van der Waals surface area contributed by atoms with Gasteiger partial charge in [0.15, 0.2) is 0 Å². The zero-order valence-corrected chi connectivity index (χ0v) is 15.3. The lowest BCUT2D eigenvalue weighted by Crippen LogP contribution is -2.34. The summed E-state index contributed by atoms with van der Waals surface area (Å²) in [5.41, 5.74) is -0.346. The average molecular weight is 453 g/mol. The van der Waals surface area contributed by atoms with E-state index < -0.39 is 5.41 Å². The summed E-state index contributed by atoms with van der Waals surface area (Å²) in [6.07, 6.45) is 0.967. The van der Waals surface area contributed by atoms with Crippen molar-refractivity contribution >= 4 is 59.4 Å². The number of carbonyl (C=O) groups excluding carboxylic acids is 1. The predicted octanol–water partition coefficient (Wildman–Crippen LogP) is 5.24. The fourth-order valence-corrected chi connectivity index (χ4v) is 4.13. The molecule has 1 aromatic rings. The summed E-state index contributed by atoms with van der Waals surface area (Å²) in [6, 6.07) is 5.81. The Morgan fingerprint density at radius 1 is 1.26 bits per heavy atom. The molecule has 0 saturated heterocycles. The first-order valence-electron chi connectivity index (χ1n) is 5.77. The normalized spacial score (nSPS) is 10.9. The first kappa shape index (κ1) is 16.7. The lowest BCUT2D eigenvalue weighted by atomic mass is 9.83. The Morgan fingerprint density at radius 2 is 1.74 bits per heavy atom. The Hall–Kier alpha value is -0.380. The van der Waals surface area contributed by atoms with Crippen molar-refractivity contribution in [3.05, 3.63) is 25.6 Å². The van der Waals surface area contributed by atoms with Crippen LogP contribution in [0.3, 0.4) is 0 Å². The molecule has 0 saturated carbocycles. The summed E-state index contributed by atoms with van der Waals surface area (Å²) in [6.45, 7) is 3.69. The lowest BCUT2D eigenvalue weighted by molar-refractivity contribution is -0.123. The molecule has 0 aliphatic carbocycles. The van der Waals surface area contributed by atoms with Gasteiger partial charge in [-0.25, -0.2) is 0 Å². The third-order valence-corrected chi connectivity index (χ3v) is 4.81. The quantitative estimate of drug-likeness (QED) is 0.679. The molecule has 3 nitrogen and oxygen atoms in total. The van der Waals surface area contributed by atoms with Crippen LogP contribution >= 0.6 is 47.8 Å². The number of rotatable bonds is 4. The van der Waals surface area contributed by atoms with Crippen molar-refractivity contribution in [1.82, 2.24) is 0 Å². The van der Waals surface area contributed by atoms with Gasteiger partial charge >= 0.3 is 0 Å². The van der Waals surface area contributed by atoms with Gasteiger partial charge in [-0.3, -0.25) is 4.79 Å². The number of benzene rings is 1. The third-order valence-electron chi connectivity index (χ3n) is 3.10. The molecule has 1 N–H and O–H groups in total. The van der Waals surface area contributed by atoms with Crippen LogP contribution in [0.25, 0.3) is 0 Å². The minimum absolute atomic E-state index is 0.274. The minimum Gasteiger partial charge on any atom is -0.323 e. The molecule has 19 heavy (non-hydrogen) atoms. The number of nitrogens with one attached hydrogen (secondary N) is 1. The molecule has 0 atom stereocenters. The van der Waals surface area contributed by atoms with Crippen molar-refractivity contribution in [3.8, 4) is 6.07 Å². The van der Waals surface area contributed by atoms with Crippen LogP contribution in [0, 0.1) is 16.7 Å². The molecule has 0 unspecified atom stereocenters. The molecule has 1 aromatic carbocycles. The van der Waals surface area contributed by atoms with E-state index in [0.29, 0.717) is 18.5 Å². The number of carbonyl (C=O) groups is 1. The molecular formula is C13H13Br3N2O. The largest absolute Gasteiger partial charge is 0.323 e. The second kappa shape index (κ2) is 6.87. The molecule has 1 rings (SSSR count). The molecule has 102 valence electrons. The Kier molecular flexibility index (Phi) is 6.03. The second-order valence-electron chi connectivity index (χ2n) is 4.10. The van der Waals surface area contributed by atoms with Crippen molar-refractivity contribution < 1.29 is 4.79 Å². The Balaban J connectivity index is 3.11. The van der Waals surface area contributed by atoms with E-state index in [1.807, 2.05) is 26.0 Å². The van der Waals surface area contributed by atoms with Crippen molar-refractivity contribution in [3.63, 3.8) is 0 Å². The highest BCUT2D eigenvalue weighted by Crippen LogP contribution is 2.36. The minimum atomic E-state index is -0.980. The van der Waals surface area contributed by atoms with Crippen molar-refractivity contribution in [2.45, 2.75) is 26.7 Å². The van der Waals surface area contributed by atoms with Crippen LogP contribution in [0.5, 0.6) is 0 Å². The number of hydrogen-bond donors (Lipinski definition) is 1. The fourth-order valence-electron chi connectivity index (χ4n) is 1.67. The average Bonchev–Trinajstić information content (AvgIpc) is 2.36. The standard InChI is InChI=1S/C13H13Br3N2O/c1-3-13(4-2,7-17)12(19)18-11-9(15)5-8(14)6-10(11)16/h5-6H,3-4H2,1-2H3,(H,18,19). The summed E-state index contributed by atoms with van der Waals surface area (Å²) in [5, 5.41) is 12.1. The maximum atomic E-state index is 12.3.